The lowest BCUT2D eigenvalue weighted by Gasteiger charge is -2.12. The zero-order chi connectivity index (χ0) is 21.7. The molecular formula is C21H27FIN5O2S. The van der Waals surface area contributed by atoms with Crippen LogP contribution in [0.1, 0.15) is 23.9 Å². The number of aliphatic imine (C=N–C) groups is 1. The van der Waals surface area contributed by atoms with Gasteiger partial charge in [0.25, 0.3) is 0 Å². The number of sulfone groups is 1. The van der Waals surface area contributed by atoms with Crippen molar-refractivity contribution in [2.45, 2.75) is 25.8 Å². The zero-order valence-corrected chi connectivity index (χ0v) is 20.9. The molecule has 3 aromatic rings. The Kier molecular flexibility index (Phi) is 8.80. The lowest BCUT2D eigenvalue weighted by molar-refractivity contribution is 0.600. The van der Waals surface area contributed by atoms with Crippen molar-refractivity contribution in [3.05, 3.63) is 65.2 Å². The third-order valence-electron chi connectivity index (χ3n) is 4.63. The fraction of sp³-hybridized carbons (Fsp3) is 0.333. The van der Waals surface area contributed by atoms with Crippen molar-refractivity contribution >= 4 is 50.8 Å². The third kappa shape index (κ3) is 6.89. The van der Waals surface area contributed by atoms with Crippen LogP contribution < -0.4 is 10.6 Å². The number of benzene rings is 2. The van der Waals surface area contributed by atoms with Crippen molar-refractivity contribution in [1.29, 1.82) is 0 Å². The van der Waals surface area contributed by atoms with Gasteiger partial charge in [-0.3, -0.25) is 0 Å². The molecule has 0 aliphatic heterocycles. The van der Waals surface area contributed by atoms with Gasteiger partial charge in [-0.15, -0.1) is 24.0 Å². The lowest BCUT2D eigenvalue weighted by atomic mass is 10.1. The molecule has 2 aromatic carbocycles. The highest BCUT2D eigenvalue weighted by Gasteiger charge is 2.11. The summed E-state index contributed by atoms with van der Waals surface area (Å²) in [6.45, 7) is 3.20. The minimum absolute atomic E-state index is 0. The summed E-state index contributed by atoms with van der Waals surface area (Å²) in [4.78, 5) is 9.14. The van der Waals surface area contributed by atoms with Crippen molar-refractivity contribution in [3.8, 4) is 0 Å². The lowest BCUT2D eigenvalue weighted by Crippen LogP contribution is -2.37. The van der Waals surface area contributed by atoms with Gasteiger partial charge in [-0.1, -0.05) is 18.2 Å². The molecule has 0 bridgehead atoms. The molecule has 0 radical (unpaired) electrons. The number of para-hydroxylation sites is 2. The fourth-order valence-electron chi connectivity index (χ4n) is 3.19. The average Bonchev–Trinajstić information content (AvgIpc) is 3.01. The van der Waals surface area contributed by atoms with Gasteiger partial charge < -0.3 is 15.2 Å². The van der Waals surface area contributed by atoms with Crippen molar-refractivity contribution in [2.75, 3.05) is 12.8 Å². The number of aryl methyl sites for hydroxylation is 1. The molecular weight excluding hydrogens is 532 g/mol. The van der Waals surface area contributed by atoms with E-state index < -0.39 is 15.7 Å². The SMILES string of the molecule is CCNC(=NCc1cc(F)ccc1CS(C)(=O)=O)NCc1nc2ccccc2n1C.I. The van der Waals surface area contributed by atoms with Crippen LogP contribution in [-0.2, 0) is 35.7 Å². The Morgan fingerprint density at radius 2 is 1.90 bits per heavy atom. The normalized spacial score (nSPS) is 11.9. The van der Waals surface area contributed by atoms with E-state index in [9.17, 15) is 12.8 Å². The maximum atomic E-state index is 13.7. The monoisotopic (exact) mass is 559 g/mol. The van der Waals surface area contributed by atoms with Crippen LogP contribution in [0.2, 0.25) is 0 Å². The highest BCUT2D eigenvalue weighted by molar-refractivity contribution is 14.0. The Labute approximate surface area is 199 Å². The van der Waals surface area contributed by atoms with E-state index >= 15 is 0 Å². The van der Waals surface area contributed by atoms with Crippen LogP contribution in [0, 0.1) is 5.82 Å². The first-order chi connectivity index (χ1) is 14.3. The van der Waals surface area contributed by atoms with E-state index in [1.54, 1.807) is 0 Å². The topological polar surface area (TPSA) is 88.4 Å². The summed E-state index contributed by atoms with van der Waals surface area (Å²) in [7, 11) is -1.28. The van der Waals surface area contributed by atoms with E-state index in [4.69, 9.17) is 0 Å². The second-order valence-electron chi connectivity index (χ2n) is 7.11. The van der Waals surface area contributed by atoms with E-state index in [0.717, 1.165) is 23.1 Å². The van der Waals surface area contributed by atoms with Gasteiger partial charge in [-0.25, -0.2) is 22.8 Å². The Balaban J connectivity index is 0.00000341. The fourth-order valence-corrected chi connectivity index (χ4v) is 4.03. The third-order valence-corrected chi connectivity index (χ3v) is 5.47. The molecule has 1 aromatic heterocycles. The molecule has 0 atom stereocenters. The molecule has 0 saturated heterocycles. The number of guanidine groups is 1. The molecule has 1 heterocycles. The van der Waals surface area contributed by atoms with Crippen molar-refractivity contribution in [1.82, 2.24) is 20.2 Å². The Hall–Kier alpha value is -2.21. The number of hydrogen-bond acceptors (Lipinski definition) is 4. The second-order valence-corrected chi connectivity index (χ2v) is 9.25. The molecule has 0 aliphatic rings. The Morgan fingerprint density at radius 3 is 2.58 bits per heavy atom. The first-order valence-corrected chi connectivity index (χ1v) is 11.7. The van der Waals surface area contributed by atoms with Crippen molar-refractivity contribution in [3.63, 3.8) is 0 Å². The summed E-state index contributed by atoms with van der Waals surface area (Å²) in [5.41, 5.74) is 3.06. The quantitative estimate of drug-likeness (QED) is 0.264. The zero-order valence-electron chi connectivity index (χ0n) is 17.7. The molecule has 31 heavy (non-hydrogen) atoms. The highest BCUT2D eigenvalue weighted by Crippen LogP contribution is 2.16. The average molecular weight is 559 g/mol. The molecule has 2 N–H and O–H groups in total. The van der Waals surface area contributed by atoms with Crippen LogP contribution >= 0.6 is 24.0 Å². The molecule has 0 aliphatic carbocycles. The van der Waals surface area contributed by atoms with Gasteiger partial charge in [0.15, 0.2) is 15.8 Å². The number of nitrogens with zero attached hydrogens (tertiary/aromatic N) is 3. The van der Waals surface area contributed by atoms with Gasteiger partial charge in [-0.2, -0.15) is 0 Å². The summed E-state index contributed by atoms with van der Waals surface area (Å²) in [5.74, 6) is 0.821. The number of aromatic nitrogens is 2. The molecule has 0 fully saturated rings. The molecule has 0 saturated carbocycles. The van der Waals surface area contributed by atoms with Crippen LogP contribution in [-0.4, -0.2) is 36.7 Å². The number of fused-ring (bicyclic) bond motifs is 1. The number of hydrogen-bond donors (Lipinski definition) is 2. The van der Waals surface area contributed by atoms with Gasteiger partial charge in [0, 0.05) is 19.8 Å². The summed E-state index contributed by atoms with van der Waals surface area (Å²) in [6.07, 6.45) is 1.16. The summed E-state index contributed by atoms with van der Waals surface area (Å²) in [5, 5.41) is 6.38. The molecule has 0 amide bonds. The minimum Gasteiger partial charge on any atom is -0.357 e. The molecule has 7 nitrogen and oxygen atoms in total. The van der Waals surface area contributed by atoms with Crippen molar-refractivity contribution < 1.29 is 12.8 Å². The molecule has 168 valence electrons. The van der Waals surface area contributed by atoms with E-state index in [1.165, 1.54) is 18.2 Å². The molecule has 10 heteroatoms. The first-order valence-electron chi connectivity index (χ1n) is 9.64. The standard InChI is InChI=1S/C21H26FN5O2S.HI/c1-4-23-21(25-13-20-26-18-7-5-6-8-19(18)27(20)2)24-12-16-11-17(22)10-9-15(16)14-30(3,28)29;/h5-11H,4,12-14H2,1-3H3,(H2,23,24,25);1H. The molecule has 0 spiro atoms. The maximum Gasteiger partial charge on any atom is 0.191 e. The van der Waals surface area contributed by atoms with Gasteiger partial charge in [0.1, 0.15) is 11.6 Å². The first kappa shape index (κ1) is 25.1. The predicted octanol–water partition coefficient (Wildman–Crippen LogP) is 3.13. The Morgan fingerprint density at radius 1 is 1.16 bits per heavy atom. The Bertz CT molecular complexity index is 1180. The van der Waals surface area contributed by atoms with Crippen LogP contribution in [0.25, 0.3) is 11.0 Å². The summed E-state index contributed by atoms with van der Waals surface area (Å²) >= 11 is 0. The van der Waals surface area contributed by atoms with Crippen molar-refractivity contribution in [2.24, 2.45) is 12.0 Å². The largest absolute Gasteiger partial charge is 0.357 e. The van der Waals surface area contributed by atoms with Gasteiger partial charge >= 0.3 is 0 Å². The second kappa shape index (κ2) is 10.9. The van der Waals surface area contributed by atoms with Crippen LogP contribution in [0.5, 0.6) is 0 Å². The van der Waals surface area contributed by atoms with Crippen LogP contribution in [0.4, 0.5) is 4.39 Å². The smallest absolute Gasteiger partial charge is 0.191 e. The summed E-state index contributed by atoms with van der Waals surface area (Å²) < 4.78 is 39.1. The van der Waals surface area contributed by atoms with Crippen LogP contribution in [0.15, 0.2) is 47.5 Å². The maximum absolute atomic E-state index is 13.7. The van der Waals surface area contributed by atoms with Crippen LogP contribution in [0.3, 0.4) is 0 Å². The van der Waals surface area contributed by atoms with E-state index in [2.05, 4.69) is 20.6 Å². The number of nitrogens with one attached hydrogen (secondary N) is 2. The van der Waals surface area contributed by atoms with Gasteiger partial charge in [0.05, 0.1) is 29.9 Å². The minimum atomic E-state index is -3.24. The van der Waals surface area contributed by atoms with Gasteiger partial charge in [-0.05, 0) is 42.3 Å². The predicted molar refractivity (Wildman–Crippen MR) is 133 cm³/mol. The highest BCUT2D eigenvalue weighted by atomic mass is 127. The summed E-state index contributed by atoms with van der Waals surface area (Å²) in [6, 6.07) is 12.0. The molecule has 0 unspecified atom stereocenters. The number of rotatable bonds is 7. The van der Waals surface area contributed by atoms with E-state index in [-0.39, 0.29) is 36.3 Å². The van der Waals surface area contributed by atoms with E-state index in [0.29, 0.717) is 30.2 Å². The van der Waals surface area contributed by atoms with E-state index in [1.807, 2.05) is 42.8 Å². The molecule has 3 rings (SSSR count). The number of imidazole rings is 1. The number of halogens is 2. The van der Waals surface area contributed by atoms with Gasteiger partial charge in [0.2, 0.25) is 0 Å².